The Kier molecular flexibility index (Phi) is 2.63. The maximum absolute atomic E-state index is 12.5. The lowest BCUT2D eigenvalue weighted by Crippen LogP contribution is -2.52. The first kappa shape index (κ1) is 11.5. The van der Waals surface area contributed by atoms with Crippen LogP contribution in [0.3, 0.4) is 0 Å². The second-order valence-electron chi connectivity index (χ2n) is 5.47. The van der Waals surface area contributed by atoms with Crippen molar-refractivity contribution in [2.75, 3.05) is 26.2 Å². The zero-order valence-electron chi connectivity index (χ0n) is 10.8. The molecule has 0 saturated carbocycles. The molecule has 1 amide bonds. The predicted molar refractivity (Wildman–Crippen MR) is 76.7 cm³/mol. The number of aromatic nitrogens is 1. The summed E-state index contributed by atoms with van der Waals surface area (Å²) in [6.45, 7) is 4.00. The third-order valence-electron chi connectivity index (χ3n) is 4.35. The molecule has 1 N–H and O–H groups in total. The van der Waals surface area contributed by atoms with Crippen LogP contribution in [0.1, 0.15) is 23.3 Å². The van der Waals surface area contributed by atoms with Gasteiger partial charge < -0.3 is 9.88 Å². The molecular formula is C14H17N3OS. The van der Waals surface area contributed by atoms with Gasteiger partial charge in [-0.1, -0.05) is 0 Å². The van der Waals surface area contributed by atoms with E-state index in [9.17, 15) is 4.79 Å². The van der Waals surface area contributed by atoms with E-state index in [-0.39, 0.29) is 5.91 Å². The van der Waals surface area contributed by atoms with E-state index >= 15 is 0 Å². The molecule has 100 valence electrons. The van der Waals surface area contributed by atoms with Crippen LogP contribution in [0.2, 0.25) is 0 Å². The fourth-order valence-corrected chi connectivity index (χ4v) is 4.09. The van der Waals surface area contributed by atoms with Gasteiger partial charge in [-0.15, -0.1) is 11.3 Å². The van der Waals surface area contributed by atoms with E-state index in [1.54, 1.807) is 11.3 Å². The van der Waals surface area contributed by atoms with Gasteiger partial charge in [0.25, 0.3) is 5.91 Å². The number of hydrogen-bond donors (Lipinski definition) is 1. The standard InChI is InChI=1S/C14H17N3OS/c18-14(12-8-10-3-7-19-13(10)15-12)17-6-5-16-4-1-2-11(16)9-17/h3,7-8,11,15H,1-2,4-6,9H2. The van der Waals surface area contributed by atoms with Gasteiger partial charge >= 0.3 is 0 Å². The fraction of sp³-hybridized carbons (Fsp3) is 0.500. The van der Waals surface area contributed by atoms with E-state index in [2.05, 4.69) is 16.0 Å². The minimum Gasteiger partial charge on any atom is -0.342 e. The zero-order chi connectivity index (χ0) is 12.8. The van der Waals surface area contributed by atoms with Gasteiger partial charge in [0.1, 0.15) is 10.5 Å². The lowest BCUT2D eigenvalue weighted by Gasteiger charge is -2.37. The van der Waals surface area contributed by atoms with Crippen LogP contribution in [0, 0.1) is 0 Å². The van der Waals surface area contributed by atoms with Crippen LogP contribution in [0.25, 0.3) is 10.2 Å². The van der Waals surface area contributed by atoms with Crippen molar-refractivity contribution in [2.24, 2.45) is 0 Å². The van der Waals surface area contributed by atoms with E-state index in [1.165, 1.54) is 19.4 Å². The molecule has 1 atom stereocenters. The molecule has 2 aromatic heterocycles. The number of rotatable bonds is 1. The molecule has 0 aromatic carbocycles. The Morgan fingerprint density at radius 1 is 1.37 bits per heavy atom. The number of H-pyrrole nitrogens is 1. The Morgan fingerprint density at radius 3 is 3.21 bits per heavy atom. The average Bonchev–Trinajstić information content (AvgIpc) is 3.11. The molecule has 4 nitrogen and oxygen atoms in total. The van der Waals surface area contributed by atoms with Crippen molar-refractivity contribution in [1.29, 1.82) is 0 Å². The molecule has 4 rings (SSSR count). The molecule has 2 aliphatic rings. The number of carbonyl (C=O) groups is 1. The smallest absolute Gasteiger partial charge is 0.270 e. The first-order valence-corrected chi connectivity index (χ1v) is 7.79. The molecule has 0 bridgehead atoms. The Hall–Kier alpha value is -1.33. The Labute approximate surface area is 116 Å². The molecule has 0 spiro atoms. The molecule has 2 fully saturated rings. The SMILES string of the molecule is O=C(c1cc2ccsc2[nH]1)N1CCN2CCCC2C1. The predicted octanol–water partition coefficient (Wildman–Crippen LogP) is 2.15. The molecule has 0 radical (unpaired) electrons. The first-order chi connectivity index (χ1) is 9.31. The number of piperazine rings is 1. The van der Waals surface area contributed by atoms with Crippen molar-refractivity contribution in [3.63, 3.8) is 0 Å². The van der Waals surface area contributed by atoms with Crippen molar-refractivity contribution in [1.82, 2.24) is 14.8 Å². The number of thiophene rings is 1. The van der Waals surface area contributed by atoms with E-state index in [4.69, 9.17) is 0 Å². The first-order valence-electron chi connectivity index (χ1n) is 6.91. The van der Waals surface area contributed by atoms with Crippen LogP contribution in [-0.4, -0.2) is 52.9 Å². The summed E-state index contributed by atoms with van der Waals surface area (Å²) in [6, 6.07) is 4.63. The van der Waals surface area contributed by atoms with Gasteiger partial charge in [0, 0.05) is 31.1 Å². The quantitative estimate of drug-likeness (QED) is 0.866. The highest BCUT2D eigenvalue weighted by molar-refractivity contribution is 7.16. The van der Waals surface area contributed by atoms with Gasteiger partial charge in [-0.25, -0.2) is 0 Å². The van der Waals surface area contributed by atoms with Crippen LogP contribution in [0.5, 0.6) is 0 Å². The van der Waals surface area contributed by atoms with E-state index in [0.717, 1.165) is 35.5 Å². The number of hydrogen-bond acceptors (Lipinski definition) is 3. The summed E-state index contributed by atoms with van der Waals surface area (Å²) >= 11 is 1.65. The third kappa shape index (κ3) is 1.88. The molecule has 2 aliphatic heterocycles. The van der Waals surface area contributed by atoms with Gasteiger partial charge in [-0.2, -0.15) is 0 Å². The van der Waals surface area contributed by atoms with Crippen molar-refractivity contribution < 1.29 is 4.79 Å². The van der Waals surface area contributed by atoms with Gasteiger partial charge in [0.15, 0.2) is 0 Å². The lowest BCUT2D eigenvalue weighted by atomic mass is 10.1. The number of fused-ring (bicyclic) bond motifs is 2. The van der Waals surface area contributed by atoms with Crippen molar-refractivity contribution in [3.05, 3.63) is 23.2 Å². The zero-order valence-corrected chi connectivity index (χ0v) is 11.6. The summed E-state index contributed by atoms with van der Waals surface area (Å²) in [6.07, 6.45) is 2.52. The fourth-order valence-electron chi connectivity index (χ4n) is 3.31. The van der Waals surface area contributed by atoms with Crippen LogP contribution >= 0.6 is 11.3 Å². The summed E-state index contributed by atoms with van der Waals surface area (Å²) in [7, 11) is 0. The van der Waals surface area contributed by atoms with Crippen LogP contribution in [-0.2, 0) is 0 Å². The summed E-state index contributed by atoms with van der Waals surface area (Å²) in [4.78, 5) is 21.4. The van der Waals surface area contributed by atoms with E-state index in [1.807, 2.05) is 16.3 Å². The lowest BCUT2D eigenvalue weighted by molar-refractivity contribution is 0.0567. The summed E-state index contributed by atoms with van der Waals surface area (Å²) in [5, 5.41) is 3.19. The van der Waals surface area contributed by atoms with Gasteiger partial charge in [-0.3, -0.25) is 9.69 Å². The molecule has 19 heavy (non-hydrogen) atoms. The van der Waals surface area contributed by atoms with E-state index in [0.29, 0.717) is 6.04 Å². The third-order valence-corrected chi connectivity index (χ3v) is 5.19. The monoisotopic (exact) mass is 275 g/mol. The molecule has 1 unspecified atom stereocenters. The summed E-state index contributed by atoms with van der Waals surface area (Å²) < 4.78 is 0. The van der Waals surface area contributed by atoms with Crippen molar-refractivity contribution in [3.8, 4) is 0 Å². The van der Waals surface area contributed by atoms with Gasteiger partial charge in [0.05, 0.1) is 0 Å². The molecule has 4 heterocycles. The van der Waals surface area contributed by atoms with Crippen molar-refractivity contribution in [2.45, 2.75) is 18.9 Å². The Morgan fingerprint density at radius 2 is 2.32 bits per heavy atom. The highest BCUT2D eigenvalue weighted by atomic mass is 32.1. The van der Waals surface area contributed by atoms with Gasteiger partial charge in [0.2, 0.25) is 0 Å². The second kappa shape index (κ2) is 4.35. The molecule has 5 heteroatoms. The van der Waals surface area contributed by atoms with Crippen LogP contribution in [0.15, 0.2) is 17.5 Å². The maximum Gasteiger partial charge on any atom is 0.270 e. The number of nitrogens with zero attached hydrogens (tertiary/aromatic N) is 2. The topological polar surface area (TPSA) is 39.3 Å². The second-order valence-corrected chi connectivity index (χ2v) is 6.39. The number of carbonyl (C=O) groups excluding carboxylic acids is 1. The average molecular weight is 275 g/mol. The molecule has 2 saturated heterocycles. The van der Waals surface area contributed by atoms with Gasteiger partial charge in [-0.05, 0) is 36.9 Å². The van der Waals surface area contributed by atoms with Crippen LogP contribution in [0.4, 0.5) is 0 Å². The Bertz CT molecular complexity index is 589. The number of amides is 1. The van der Waals surface area contributed by atoms with Crippen LogP contribution < -0.4 is 0 Å². The normalized spacial score (nSPS) is 24.0. The Balaban J connectivity index is 1.55. The summed E-state index contributed by atoms with van der Waals surface area (Å²) in [5.74, 6) is 0.162. The van der Waals surface area contributed by atoms with E-state index < -0.39 is 0 Å². The molecular weight excluding hydrogens is 258 g/mol. The highest BCUT2D eigenvalue weighted by Crippen LogP contribution is 2.25. The molecule has 2 aromatic rings. The van der Waals surface area contributed by atoms with Crippen molar-refractivity contribution >= 4 is 27.5 Å². The largest absolute Gasteiger partial charge is 0.342 e. The number of aromatic amines is 1. The maximum atomic E-state index is 12.5. The minimum absolute atomic E-state index is 0.162. The number of nitrogens with one attached hydrogen (secondary N) is 1. The minimum atomic E-state index is 0.162. The molecule has 0 aliphatic carbocycles. The summed E-state index contributed by atoms with van der Waals surface area (Å²) in [5.41, 5.74) is 0.744. The highest BCUT2D eigenvalue weighted by Gasteiger charge is 2.33.